The van der Waals surface area contributed by atoms with Crippen LogP contribution in [-0.4, -0.2) is 30.0 Å². The van der Waals surface area contributed by atoms with Crippen LogP contribution in [-0.2, 0) is 40.4 Å². The highest BCUT2D eigenvalue weighted by Crippen LogP contribution is 2.37. The summed E-state index contributed by atoms with van der Waals surface area (Å²) < 4.78 is 51.9. The van der Waals surface area contributed by atoms with E-state index in [1.165, 1.54) is 17.7 Å². The zero-order valence-corrected chi connectivity index (χ0v) is 29.8. The molecule has 0 N–H and O–H groups in total. The van der Waals surface area contributed by atoms with Crippen LogP contribution in [0, 0.1) is 6.92 Å². The predicted molar refractivity (Wildman–Crippen MR) is 199 cm³/mol. The Balaban J connectivity index is 1.20. The van der Waals surface area contributed by atoms with E-state index in [-0.39, 0.29) is 17.9 Å². The molecular weight excluding hydrogens is 675 g/mol. The van der Waals surface area contributed by atoms with Crippen molar-refractivity contribution >= 4 is 21.1 Å². The first kappa shape index (κ1) is 34.7. The highest BCUT2D eigenvalue weighted by molar-refractivity contribution is 7.86. The summed E-state index contributed by atoms with van der Waals surface area (Å²) in [5.74, 6) is 1.83. The molecule has 2 heterocycles. The first-order valence-electron chi connectivity index (χ1n) is 17.2. The predicted octanol–water partition coefficient (Wildman–Crippen LogP) is 8.64. The van der Waals surface area contributed by atoms with Gasteiger partial charge >= 0.3 is 0 Å². The molecule has 10 heteroatoms. The minimum absolute atomic E-state index is 0.0884. The Morgan fingerprint density at radius 1 is 0.750 bits per heavy atom. The van der Waals surface area contributed by atoms with E-state index < -0.39 is 16.2 Å². The van der Waals surface area contributed by atoms with Crippen molar-refractivity contribution in [3.63, 3.8) is 0 Å². The summed E-state index contributed by atoms with van der Waals surface area (Å²) in [5.41, 5.74) is 6.37. The average Bonchev–Trinajstić information content (AvgIpc) is 3.81. The molecule has 0 aliphatic heterocycles. The number of hydrogen-bond acceptors (Lipinski definition) is 8. The fourth-order valence-corrected chi connectivity index (χ4v) is 6.79. The monoisotopic (exact) mass is 713 g/mol. The van der Waals surface area contributed by atoms with E-state index >= 15 is 0 Å². The average molecular weight is 714 g/mol. The van der Waals surface area contributed by atoms with Crippen molar-refractivity contribution < 1.29 is 26.5 Å². The highest BCUT2D eigenvalue weighted by Gasteiger charge is 2.25. The van der Waals surface area contributed by atoms with Crippen LogP contribution in [0.1, 0.15) is 52.2 Å². The van der Waals surface area contributed by atoms with E-state index in [1.54, 1.807) is 23.0 Å². The van der Waals surface area contributed by atoms with Gasteiger partial charge in [-0.2, -0.15) is 8.42 Å². The van der Waals surface area contributed by atoms with Crippen LogP contribution in [0.4, 0.5) is 0 Å². The summed E-state index contributed by atoms with van der Waals surface area (Å²) in [6.07, 6.45) is 2.91. The second-order valence-corrected chi connectivity index (χ2v) is 14.2. The van der Waals surface area contributed by atoms with Gasteiger partial charge in [-0.15, -0.1) is 5.10 Å². The minimum atomic E-state index is -3.92. The SMILES string of the molecule is CCc1ccc2cc(C(c3ccc(OCc4ccccc4)c(OCc4ccccc4)c3)n3cc(CCOS(=O)(=O)c4ccc(C)cc4)nn3)oc2c1. The third-order valence-electron chi connectivity index (χ3n) is 8.77. The number of aromatic nitrogens is 3. The van der Waals surface area contributed by atoms with Crippen LogP contribution in [0.15, 0.2) is 143 Å². The molecule has 1 atom stereocenters. The second-order valence-electron chi connectivity index (χ2n) is 12.6. The molecule has 1 unspecified atom stereocenters. The molecule has 0 saturated carbocycles. The molecule has 0 saturated heterocycles. The first-order chi connectivity index (χ1) is 25.3. The molecule has 264 valence electrons. The Morgan fingerprint density at radius 3 is 2.13 bits per heavy atom. The third-order valence-corrected chi connectivity index (χ3v) is 10.1. The zero-order valence-electron chi connectivity index (χ0n) is 29.0. The number of benzene rings is 5. The molecule has 0 fully saturated rings. The second kappa shape index (κ2) is 15.7. The number of rotatable bonds is 15. The molecule has 0 amide bonds. The lowest BCUT2D eigenvalue weighted by atomic mass is 10.0. The summed E-state index contributed by atoms with van der Waals surface area (Å²) >= 11 is 0. The molecule has 0 radical (unpaired) electrons. The molecule has 0 spiro atoms. The van der Waals surface area contributed by atoms with E-state index in [0.717, 1.165) is 39.6 Å². The largest absolute Gasteiger partial charge is 0.485 e. The fraction of sp³-hybridized carbons (Fsp3) is 0.190. The van der Waals surface area contributed by atoms with Crippen molar-refractivity contribution in [1.82, 2.24) is 15.0 Å². The standard InChI is InChI=1S/C42H39N3O6S/c1-3-31-16-17-34-25-41(51-39(34)24-31)42(45-27-36(43-44-45)22-23-50-52(46,47)37-19-14-30(2)15-20-37)35-18-21-38(48-28-32-10-6-4-7-11-32)40(26-35)49-29-33-12-8-5-9-13-33/h4-21,24-27,42H,3,22-23,28-29H2,1-2H3. The Labute approximate surface area is 303 Å². The lowest BCUT2D eigenvalue weighted by Crippen LogP contribution is -2.13. The van der Waals surface area contributed by atoms with Gasteiger partial charge in [0.25, 0.3) is 10.1 Å². The van der Waals surface area contributed by atoms with Gasteiger partial charge < -0.3 is 13.9 Å². The van der Waals surface area contributed by atoms with Crippen molar-refractivity contribution in [2.24, 2.45) is 0 Å². The van der Waals surface area contributed by atoms with E-state index in [9.17, 15) is 8.42 Å². The van der Waals surface area contributed by atoms with Gasteiger partial charge in [-0.25, -0.2) is 4.68 Å². The lowest BCUT2D eigenvalue weighted by Gasteiger charge is -2.19. The van der Waals surface area contributed by atoms with Gasteiger partial charge in [-0.3, -0.25) is 4.18 Å². The molecule has 7 aromatic rings. The molecular formula is C42H39N3O6S. The summed E-state index contributed by atoms with van der Waals surface area (Å²) in [6, 6.07) is 40.1. The zero-order chi connectivity index (χ0) is 35.9. The number of furan rings is 1. The number of hydrogen-bond donors (Lipinski definition) is 0. The molecule has 0 aliphatic carbocycles. The maximum absolute atomic E-state index is 12.8. The van der Waals surface area contributed by atoms with Gasteiger partial charge in [0.1, 0.15) is 30.6 Å². The van der Waals surface area contributed by atoms with Crippen LogP contribution >= 0.6 is 0 Å². The van der Waals surface area contributed by atoms with Gasteiger partial charge in [0.05, 0.1) is 17.2 Å². The highest BCUT2D eigenvalue weighted by atomic mass is 32.2. The Morgan fingerprint density at radius 2 is 1.44 bits per heavy atom. The lowest BCUT2D eigenvalue weighted by molar-refractivity contribution is 0.255. The summed E-state index contributed by atoms with van der Waals surface area (Å²) in [6.45, 7) is 4.64. The van der Waals surface area contributed by atoms with E-state index in [2.05, 4.69) is 35.4 Å². The smallest absolute Gasteiger partial charge is 0.296 e. The quantitative estimate of drug-likeness (QED) is 0.0973. The Kier molecular flexibility index (Phi) is 10.5. The fourth-order valence-electron chi connectivity index (χ4n) is 5.88. The Bertz CT molecular complexity index is 2350. The molecule has 0 bridgehead atoms. The topological polar surface area (TPSA) is 106 Å². The van der Waals surface area contributed by atoms with Gasteiger partial charge in [0, 0.05) is 18.0 Å². The van der Waals surface area contributed by atoms with Gasteiger partial charge in [0.2, 0.25) is 0 Å². The minimum Gasteiger partial charge on any atom is -0.485 e. The number of aryl methyl sites for hydroxylation is 2. The van der Waals surface area contributed by atoms with Crippen LogP contribution in [0.25, 0.3) is 11.0 Å². The van der Waals surface area contributed by atoms with Gasteiger partial charge in [-0.1, -0.05) is 109 Å². The van der Waals surface area contributed by atoms with Crippen molar-refractivity contribution in [2.45, 2.75) is 50.8 Å². The molecule has 2 aromatic heterocycles. The first-order valence-corrected chi connectivity index (χ1v) is 18.6. The van der Waals surface area contributed by atoms with Crippen LogP contribution in [0.5, 0.6) is 11.5 Å². The third kappa shape index (κ3) is 8.25. The van der Waals surface area contributed by atoms with Crippen LogP contribution in [0.3, 0.4) is 0 Å². The van der Waals surface area contributed by atoms with Crippen molar-refractivity contribution in [3.05, 3.63) is 173 Å². The Hall–Kier alpha value is -5.71. The summed E-state index contributed by atoms with van der Waals surface area (Å²) in [7, 11) is -3.92. The molecule has 52 heavy (non-hydrogen) atoms. The molecule has 7 rings (SSSR count). The van der Waals surface area contributed by atoms with Crippen molar-refractivity contribution in [3.8, 4) is 11.5 Å². The van der Waals surface area contributed by atoms with E-state index in [4.69, 9.17) is 18.1 Å². The number of fused-ring (bicyclic) bond motifs is 1. The van der Waals surface area contributed by atoms with E-state index in [0.29, 0.717) is 36.2 Å². The molecule has 0 aliphatic rings. The summed E-state index contributed by atoms with van der Waals surface area (Å²) in [5, 5.41) is 9.87. The number of ether oxygens (including phenoxy) is 2. The summed E-state index contributed by atoms with van der Waals surface area (Å²) in [4.78, 5) is 0.111. The van der Waals surface area contributed by atoms with Crippen LogP contribution in [0.2, 0.25) is 0 Å². The van der Waals surface area contributed by atoms with E-state index in [1.807, 2.05) is 91.9 Å². The van der Waals surface area contributed by atoms with Gasteiger partial charge in [-0.05, 0) is 72.0 Å². The van der Waals surface area contributed by atoms with Crippen LogP contribution < -0.4 is 9.47 Å². The number of nitrogens with zero attached hydrogens (tertiary/aromatic N) is 3. The van der Waals surface area contributed by atoms with Gasteiger partial charge in [0.15, 0.2) is 11.5 Å². The maximum atomic E-state index is 12.8. The van der Waals surface area contributed by atoms with Crippen molar-refractivity contribution in [2.75, 3.05) is 6.61 Å². The molecule has 9 nitrogen and oxygen atoms in total. The maximum Gasteiger partial charge on any atom is 0.296 e. The van der Waals surface area contributed by atoms with Crippen molar-refractivity contribution in [1.29, 1.82) is 0 Å². The normalized spacial score (nSPS) is 12.2. The molecule has 5 aromatic carbocycles.